The quantitative estimate of drug-likeness (QED) is 0.535. The number of methoxy groups -OCH3 is 1. The number of carbonyl (C=O) groups excluding carboxylic acids is 3. The summed E-state index contributed by atoms with van der Waals surface area (Å²) in [5.41, 5.74) is 7.41. The Morgan fingerprint density at radius 3 is 2.29 bits per heavy atom. The molecule has 0 spiro atoms. The standard InChI is InChI=1S/C23H29N3O5/c1-14(2)21(26-22(28)17-8-5-15(3)6-9-17)23(29)25-12-16-7-10-18(19(11-16)30-4)31-13-20(24)27/h5-11,14,21H,12-13H2,1-4H3,(H2,24,27)(H,25,29)(H,26,28). The molecular formula is C23H29N3O5. The first kappa shape index (κ1) is 23.7. The molecule has 0 saturated heterocycles. The smallest absolute Gasteiger partial charge is 0.255 e. The van der Waals surface area contributed by atoms with Crippen LogP contribution in [0.25, 0.3) is 0 Å². The van der Waals surface area contributed by atoms with E-state index in [1.165, 1.54) is 7.11 Å². The highest BCUT2D eigenvalue weighted by atomic mass is 16.5. The van der Waals surface area contributed by atoms with Crippen molar-refractivity contribution in [1.29, 1.82) is 0 Å². The molecule has 0 bridgehead atoms. The van der Waals surface area contributed by atoms with Gasteiger partial charge in [-0.15, -0.1) is 0 Å². The van der Waals surface area contributed by atoms with E-state index in [1.807, 2.05) is 32.9 Å². The largest absolute Gasteiger partial charge is 0.493 e. The van der Waals surface area contributed by atoms with Crippen LogP contribution in [0.3, 0.4) is 0 Å². The van der Waals surface area contributed by atoms with Gasteiger partial charge in [-0.05, 0) is 42.7 Å². The van der Waals surface area contributed by atoms with Crippen LogP contribution in [-0.4, -0.2) is 37.5 Å². The molecule has 166 valence electrons. The number of aryl methyl sites for hydroxylation is 1. The van der Waals surface area contributed by atoms with Gasteiger partial charge in [0, 0.05) is 12.1 Å². The van der Waals surface area contributed by atoms with Crippen molar-refractivity contribution in [2.75, 3.05) is 13.7 Å². The average molecular weight is 428 g/mol. The van der Waals surface area contributed by atoms with Crippen molar-refractivity contribution in [1.82, 2.24) is 10.6 Å². The molecule has 0 saturated carbocycles. The van der Waals surface area contributed by atoms with Crippen molar-refractivity contribution in [3.8, 4) is 11.5 Å². The van der Waals surface area contributed by atoms with E-state index >= 15 is 0 Å². The number of nitrogens with two attached hydrogens (primary N) is 1. The SMILES string of the molecule is COc1cc(CNC(=O)C(NC(=O)c2ccc(C)cc2)C(C)C)ccc1OCC(N)=O. The molecule has 1 atom stereocenters. The third-order valence-corrected chi connectivity index (χ3v) is 4.61. The number of primary amides is 1. The second-order valence-electron chi connectivity index (χ2n) is 7.52. The highest BCUT2D eigenvalue weighted by molar-refractivity contribution is 5.97. The highest BCUT2D eigenvalue weighted by Crippen LogP contribution is 2.28. The molecule has 0 aliphatic carbocycles. The Kier molecular flexibility index (Phi) is 8.43. The van der Waals surface area contributed by atoms with Gasteiger partial charge in [0.05, 0.1) is 7.11 Å². The molecular weight excluding hydrogens is 398 g/mol. The molecule has 31 heavy (non-hydrogen) atoms. The number of hydrogen-bond acceptors (Lipinski definition) is 5. The van der Waals surface area contributed by atoms with E-state index in [1.54, 1.807) is 30.3 Å². The van der Waals surface area contributed by atoms with Crippen LogP contribution in [-0.2, 0) is 16.1 Å². The van der Waals surface area contributed by atoms with Crippen molar-refractivity contribution in [3.63, 3.8) is 0 Å². The average Bonchev–Trinajstić information content (AvgIpc) is 2.74. The highest BCUT2D eigenvalue weighted by Gasteiger charge is 2.24. The number of nitrogens with one attached hydrogen (secondary N) is 2. The van der Waals surface area contributed by atoms with Gasteiger partial charge < -0.3 is 25.8 Å². The summed E-state index contributed by atoms with van der Waals surface area (Å²) < 4.78 is 10.6. The fourth-order valence-electron chi connectivity index (χ4n) is 2.85. The first-order valence-electron chi connectivity index (χ1n) is 9.94. The fraction of sp³-hybridized carbons (Fsp3) is 0.348. The van der Waals surface area contributed by atoms with Gasteiger partial charge >= 0.3 is 0 Å². The van der Waals surface area contributed by atoms with Crippen molar-refractivity contribution in [3.05, 3.63) is 59.2 Å². The minimum absolute atomic E-state index is 0.103. The maximum Gasteiger partial charge on any atom is 0.255 e. The lowest BCUT2D eigenvalue weighted by Crippen LogP contribution is -2.49. The lowest BCUT2D eigenvalue weighted by atomic mass is 10.0. The predicted molar refractivity (Wildman–Crippen MR) is 117 cm³/mol. The predicted octanol–water partition coefficient (Wildman–Crippen LogP) is 1.94. The van der Waals surface area contributed by atoms with Crippen LogP contribution in [0.15, 0.2) is 42.5 Å². The summed E-state index contributed by atoms with van der Waals surface area (Å²) in [5, 5.41) is 5.65. The molecule has 2 aromatic carbocycles. The molecule has 0 aliphatic heterocycles. The van der Waals surface area contributed by atoms with Crippen molar-refractivity contribution >= 4 is 17.7 Å². The summed E-state index contributed by atoms with van der Waals surface area (Å²) in [6.07, 6.45) is 0. The van der Waals surface area contributed by atoms with Crippen LogP contribution in [0.1, 0.15) is 35.3 Å². The van der Waals surface area contributed by atoms with E-state index in [2.05, 4.69) is 10.6 Å². The maximum atomic E-state index is 12.7. The minimum atomic E-state index is -0.686. The van der Waals surface area contributed by atoms with Crippen LogP contribution in [0, 0.1) is 12.8 Å². The summed E-state index contributed by atoms with van der Waals surface area (Å²) in [5.74, 6) is -0.489. The van der Waals surface area contributed by atoms with Crippen molar-refractivity contribution < 1.29 is 23.9 Å². The Labute approximate surface area is 182 Å². The van der Waals surface area contributed by atoms with Gasteiger partial charge in [0.15, 0.2) is 18.1 Å². The lowest BCUT2D eigenvalue weighted by Gasteiger charge is -2.22. The molecule has 0 fully saturated rings. The van der Waals surface area contributed by atoms with E-state index in [9.17, 15) is 14.4 Å². The van der Waals surface area contributed by atoms with Gasteiger partial charge in [-0.2, -0.15) is 0 Å². The molecule has 2 aromatic rings. The molecule has 0 aromatic heterocycles. The number of rotatable bonds is 10. The zero-order valence-electron chi connectivity index (χ0n) is 18.2. The van der Waals surface area contributed by atoms with E-state index < -0.39 is 11.9 Å². The first-order chi connectivity index (χ1) is 14.7. The van der Waals surface area contributed by atoms with E-state index in [0.717, 1.165) is 11.1 Å². The van der Waals surface area contributed by atoms with Gasteiger partial charge in [-0.25, -0.2) is 0 Å². The second kappa shape index (κ2) is 11.0. The number of benzene rings is 2. The maximum absolute atomic E-state index is 12.7. The summed E-state index contributed by atoms with van der Waals surface area (Å²) in [6, 6.07) is 11.6. The van der Waals surface area contributed by atoms with E-state index in [4.69, 9.17) is 15.2 Å². The van der Waals surface area contributed by atoms with Crippen LogP contribution in [0.4, 0.5) is 0 Å². The first-order valence-corrected chi connectivity index (χ1v) is 9.94. The van der Waals surface area contributed by atoms with Crippen molar-refractivity contribution in [2.45, 2.75) is 33.4 Å². The molecule has 4 N–H and O–H groups in total. The lowest BCUT2D eigenvalue weighted by molar-refractivity contribution is -0.124. The Morgan fingerprint density at radius 2 is 1.71 bits per heavy atom. The molecule has 2 rings (SSSR count). The van der Waals surface area contributed by atoms with Gasteiger partial charge in [0.2, 0.25) is 5.91 Å². The molecule has 8 heteroatoms. The van der Waals surface area contributed by atoms with Gasteiger partial charge in [0.1, 0.15) is 6.04 Å². The Hall–Kier alpha value is -3.55. The summed E-state index contributed by atoms with van der Waals surface area (Å²) in [7, 11) is 1.48. The monoisotopic (exact) mass is 427 g/mol. The summed E-state index contributed by atoms with van der Waals surface area (Å²) in [6.45, 7) is 5.65. The van der Waals surface area contributed by atoms with Crippen LogP contribution < -0.4 is 25.8 Å². The topological polar surface area (TPSA) is 120 Å². The molecule has 1 unspecified atom stereocenters. The third-order valence-electron chi connectivity index (χ3n) is 4.61. The number of hydrogen-bond donors (Lipinski definition) is 3. The van der Waals surface area contributed by atoms with E-state index in [0.29, 0.717) is 17.1 Å². The molecule has 3 amide bonds. The number of ether oxygens (including phenoxy) is 2. The molecule has 0 aliphatic rings. The van der Waals surface area contributed by atoms with Gasteiger partial charge in [-0.3, -0.25) is 14.4 Å². The van der Waals surface area contributed by atoms with E-state index in [-0.39, 0.29) is 30.9 Å². The second-order valence-corrected chi connectivity index (χ2v) is 7.52. The summed E-state index contributed by atoms with van der Waals surface area (Å²) in [4.78, 5) is 36.2. The molecule has 0 radical (unpaired) electrons. The van der Waals surface area contributed by atoms with Gasteiger partial charge in [-0.1, -0.05) is 37.6 Å². The Bertz CT molecular complexity index is 925. The van der Waals surface area contributed by atoms with Gasteiger partial charge in [0.25, 0.3) is 11.8 Å². The van der Waals surface area contributed by atoms with Crippen LogP contribution >= 0.6 is 0 Å². The summed E-state index contributed by atoms with van der Waals surface area (Å²) >= 11 is 0. The normalized spacial score (nSPS) is 11.5. The molecule has 0 heterocycles. The Morgan fingerprint density at radius 1 is 1.03 bits per heavy atom. The van der Waals surface area contributed by atoms with Crippen LogP contribution in [0.2, 0.25) is 0 Å². The minimum Gasteiger partial charge on any atom is -0.493 e. The zero-order valence-corrected chi connectivity index (χ0v) is 18.2. The fourth-order valence-corrected chi connectivity index (χ4v) is 2.85. The Balaban J connectivity index is 2.01. The third kappa shape index (κ3) is 7.02. The molecule has 8 nitrogen and oxygen atoms in total. The zero-order chi connectivity index (χ0) is 23.0. The van der Waals surface area contributed by atoms with Crippen molar-refractivity contribution in [2.24, 2.45) is 11.7 Å². The number of amides is 3. The number of carbonyl (C=O) groups is 3. The van der Waals surface area contributed by atoms with Crippen LogP contribution in [0.5, 0.6) is 11.5 Å².